The molecule has 0 unspecified atom stereocenters. The highest BCUT2D eigenvalue weighted by atomic mass is 79.9. The molecule has 0 saturated carbocycles. The third kappa shape index (κ3) is 2.10. The largest absolute Gasteiger partial charge is 0.465 e. The van der Waals surface area contributed by atoms with E-state index >= 15 is 0 Å². The normalized spacial score (nSPS) is 10.7. The average Bonchev–Trinajstić information content (AvgIpc) is 2.90. The van der Waals surface area contributed by atoms with Crippen LogP contribution in [0, 0.1) is 0 Å². The molecule has 0 N–H and O–H groups in total. The molecule has 2 aromatic carbocycles. The molecule has 1 heterocycles. The van der Waals surface area contributed by atoms with Gasteiger partial charge >= 0.3 is 5.97 Å². The van der Waals surface area contributed by atoms with Crippen molar-refractivity contribution in [3.63, 3.8) is 0 Å². The maximum Gasteiger partial charge on any atom is 0.338 e. The van der Waals surface area contributed by atoms with Crippen molar-refractivity contribution in [1.29, 1.82) is 0 Å². The number of methoxy groups -OCH3 is 1. The van der Waals surface area contributed by atoms with E-state index in [0.29, 0.717) is 22.4 Å². The van der Waals surface area contributed by atoms with Crippen LogP contribution >= 0.6 is 15.9 Å². The van der Waals surface area contributed by atoms with Gasteiger partial charge in [-0.2, -0.15) is 0 Å². The predicted octanol–water partition coefficient (Wildman–Crippen LogP) is 4.04. The van der Waals surface area contributed by atoms with Crippen molar-refractivity contribution >= 4 is 32.9 Å². The number of para-hydroxylation sites is 1. The zero-order chi connectivity index (χ0) is 14.1. The summed E-state index contributed by atoms with van der Waals surface area (Å²) >= 11 is 3.41. The summed E-state index contributed by atoms with van der Waals surface area (Å²) in [6.07, 6.45) is 0. The molecule has 0 amide bonds. The molecule has 0 bridgehead atoms. The van der Waals surface area contributed by atoms with E-state index in [1.807, 2.05) is 30.3 Å². The van der Waals surface area contributed by atoms with Gasteiger partial charge in [-0.05, 0) is 30.3 Å². The second-order valence-electron chi connectivity index (χ2n) is 4.21. The maximum absolute atomic E-state index is 11.9. The maximum atomic E-state index is 11.9. The second kappa shape index (κ2) is 5.09. The van der Waals surface area contributed by atoms with Crippen LogP contribution in [0.25, 0.3) is 22.2 Å². The quantitative estimate of drug-likeness (QED) is 0.665. The molecule has 0 saturated heterocycles. The Bertz CT molecular complexity index is 795. The van der Waals surface area contributed by atoms with Gasteiger partial charge in [0.05, 0.1) is 12.7 Å². The molecule has 0 fully saturated rings. The summed E-state index contributed by atoms with van der Waals surface area (Å²) in [5.41, 5.74) is 2.44. The van der Waals surface area contributed by atoms with Crippen LogP contribution in [0.1, 0.15) is 10.4 Å². The first-order valence-corrected chi connectivity index (χ1v) is 6.72. The van der Waals surface area contributed by atoms with Gasteiger partial charge in [-0.25, -0.2) is 4.79 Å². The lowest BCUT2D eigenvalue weighted by atomic mass is 10.0. The van der Waals surface area contributed by atoms with Gasteiger partial charge in [0.1, 0.15) is 5.69 Å². The van der Waals surface area contributed by atoms with Gasteiger partial charge in [-0.15, -0.1) is 0 Å². The molecule has 3 aromatic rings. The Hall–Kier alpha value is -2.14. The van der Waals surface area contributed by atoms with Crippen LogP contribution in [-0.2, 0) is 4.74 Å². The summed E-state index contributed by atoms with van der Waals surface area (Å²) < 4.78 is 11.0. The van der Waals surface area contributed by atoms with Crippen molar-refractivity contribution in [2.45, 2.75) is 0 Å². The molecular weight excluding hydrogens is 322 g/mol. The lowest BCUT2D eigenvalue weighted by molar-refractivity contribution is 0.0601. The number of fused-ring (bicyclic) bond motifs is 1. The Morgan fingerprint density at radius 3 is 2.85 bits per heavy atom. The van der Waals surface area contributed by atoms with E-state index in [9.17, 15) is 4.79 Å². The molecule has 5 heteroatoms. The first-order chi connectivity index (χ1) is 9.70. The minimum absolute atomic E-state index is 0.403. The predicted molar refractivity (Wildman–Crippen MR) is 78.5 cm³/mol. The van der Waals surface area contributed by atoms with Gasteiger partial charge < -0.3 is 9.26 Å². The number of hydrogen-bond donors (Lipinski definition) is 0. The van der Waals surface area contributed by atoms with Gasteiger partial charge in [0, 0.05) is 15.4 Å². The van der Waals surface area contributed by atoms with E-state index in [-0.39, 0.29) is 0 Å². The fourth-order valence-corrected chi connectivity index (χ4v) is 2.44. The van der Waals surface area contributed by atoms with Gasteiger partial charge in [-0.3, -0.25) is 0 Å². The topological polar surface area (TPSA) is 52.3 Å². The molecule has 0 atom stereocenters. The van der Waals surface area contributed by atoms with Gasteiger partial charge in [-0.1, -0.05) is 33.2 Å². The Morgan fingerprint density at radius 1 is 1.25 bits per heavy atom. The fourth-order valence-electron chi connectivity index (χ4n) is 2.08. The monoisotopic (exact) mass is 331 g/mol. The SMILES string of the molecule is COC(=O)c1ccc(Br)cc1-c1noc2ccccc12. The summed E-state index contributed by atoms with van der Waals surface area (Å²) in [6.45, 7) is 0. The zero-order valence-electron chi connectivity index (χ0n) is 10.6. The number of rotatable bonds is 2. The lowest BCUT2D eigenvalue weighted by Gasteiger charge is -2.06. The molecule has 0 radical (unpaired) electrons. The molecule has 20 heavy (non-hydrogen) atoms. The van der Waals surface area contributed by atoms with Crippen LogP contribution < -0.4 is 0 Å². The fraction of sp³-hybridized carbons (Fsp3) is 0.0667. The highest BCUT2D eigenvalue weighted by Crippen LogP contribution is 2.32. The van der Waals surface area contributed by atoms with Gasteiger partial charge in [0.15, 0.2) is 5.58 Å². The molecule has 0 aliphatic rings. The molecule has 0 spiro atoms. The Labute approximate surface area is 123 Å². The number of aromatic nitrogens is 1. The summed E-state index contributed by atoms with van der Waals surface area (Å²) in [5, 5.41) is 4.94. The van der Waals surface area contributed by atoms with Crippen molar-refractivity contribution in [1.82, 2.24) is 5.16 Å². The number of carbonyl (C=O) groups is 1. The first kappa shape index (κ1) is 12.9. The van der Waals surface area contributed by atoms with Crippen LogP contribution in [0.15, 0.2) is 51.5 Å². The minimum atomic E-state index is -0.403. The van der Waals surface area contributed by atoms with E-state index in [1.54, 1.807) is 12.1 Å². The highest BCUT2D eigenvalue weighted by molar-refractivity contribution is 9.10. The van der Waals surface area contributed by atoms with E-state index < -0.39 is 5.97 Å². The van der Waals surface area contributed by atoms with Crippen molar-refractivity contribution in [2.24, 2.45) is 0 Å². The Morgan fingerprint density at radius 2 is 2.05 bits per heavy atom. The van der Waals surface area contributed by atoms with E-state index in [2.05, 4.69) is 21.1 Å². The van der Waals surface area contributed by atoms with Crippen molar-refractivity contribution < 1.29 is 14.1 Å². The van der Waals surface area contributed by atoms with E-state index in [1.165, 1.54) is 7.11 Å². The van der Waals surface area contributed by atoms with Crippen LogP contribution in [0.3, 0.4) is 0 Å². The lowest BCUT2D eigenvalue weighted by Crippen LogP contribution is -2.03. The number of nitrogens with zero attached hydrogens (tertiary/aromatic N) is 1. The summed E-state index contributed by atoms with van der Waals surface area (Å²) in [4.78, 5) is 11.9. The van der Waals surface area contributed by atoms with Crippen molar-refractivity contribution in [2.75, 3.05) is 7.11 Å². The number of benzene rings is 2. The second-order valence-corrected chi connectivity index (χ2v) is 5.12. The standard InChI is InChI=1S/C15H10BrNO3/c1-19-15(18)10-7-6-9(16)8-12(10)14-11-4-2-3-5-13(11)20-17-14/h2-8H,1H3. The molecule has 100 valence electrons. The number of halogens is 1. The molecule has 0 aliphatic heterocycles. The molecular formula is C15H10BrNO3. The molecule has 1 aromatic heterocycles. The molecule has 0 aliphatic carbocycles. The minimum Gasteiger partial charge on any atom is -0.465 e. The molecule has 4 nitrogen and oxygen atoms in total. The smallest absolute Gasteiger partial charge is 0.338 e. The number of esters is 1. The third-order valence-corrected chi connectivity index (χ3v) is 3.51. The number of ether oxygens (including phenoxy) is 1. The summed E-state index contributed by atoms with van der Waals surface area (Å²) in [6, 6.07) is 12.8. The zero-order valence-corrected chi connectivity index (χ0v) is 12.2. The van der Waals surface area contributed by atoms with Crippen LogP contribution in [0.4, 0.5) is 0 Å². The van der Waals surface area contributed by atoms with Crippen molar-refractivity contribution in [3.05, 3.63) is 52.5 Å². The van der Waals surface area contributed by atoms with Crippen LogP contribution in [0.2, 0.25) is 0 Å². The van der Waals surface area contributed by atoms with E-state index in [0.717, 1.165) is 9.86 Å². The highest BCUT2D eigenvalue weighted by Gasteiger charge is 2.18. The average molecular weight is 332 g/mol. The van der Waals surface area contributed by atoms with Gasteiger partial charge in [0.25, 0.3) is 0 Å². The number of hydrogen-bond acceptors (Lipinski definition) is 4. The number of carbonyl (C=O) groups excluding carboxylic acids is 1. The van der Waals surface area contributed by atoms with Gasteiger partial charge in [0.2, 0.25) is 0 Å². The molecule has 3 rings (SSSR count). The summed E-state index contributed by atoms with van der Waals surface area (Å²) in [7, 11) is 1.36. The Kier molecular flexibility index (Phi) is 3.28. The Balaban J connectivity index is 2.28. The summed E-state index contributed by atoms with van der Waals surface area (Å²) in [5.74, 6) is -0.403. The first-order valence-electron chi connectivity index (χ1n) is 5.93. The van der Waals surface area contributed by atoms with E-state index in [4.69, 9.17) is 9.26 Å². The van der Waals surface area contributed by atoms with Crippen LogP contribution in [-0.4, -0.2) is 18.2 Å². The van der Waals surface area contributed by atoms with Crippen LogP contribution in [0.5, 0.6) is 0 Å². The van der Waals surface area contributed by atoms with Crippen molar-refractivity contribution in [3.8, 4) is 11.3 Å². The third-order valence-electron chi connectivity index (χ3n) is 3.02.